The summed E-state index contributed by atoms with van der Waals surface area (Å²) >= 11 is 3.26. The third kappa shape index (κ3) is 4.57. The molecule has 0 bridgehead atoms. The first kappa shape index (κ1) is 18.5. The molecule has 8 heteroatoms. The van der Waals surface area contributed by atoms with E-state index in [9.17, 15) is 24.7 Å². The summed E-state index contributed by atoms with van der Waals surface area (Å²) in [5.74, 6) is -0.396. The number of nitro groups is 1. The van der Waals surface area contributed by atoms with Gasteiger partial charge in [-0.15, -0.1) is 0 Å². The minimum Gasteiger partial charge on any atom is -0.395 e. The molecule has 0 unspecified atom stereocenters. The van der Waals surface area contributed by atoms with E-state index in [2.05, 4.69) is 21.2 Å². The van der Waals surface area contributed by atoms with Crippen molar-refractivity contribution in [1.82, 2.24) is 5.32 Å². The Bertz CT molecular complexity index is 712. The van der Waals surface area contributed by atoms with E-state index in [0.717, 1.165) is 4.47 Å². The molecule has 0 spiro atoms. The molecule has 0 aliphatic heterocycles. The van der Waals surface area contributed by atoms with Crippen LogP contribution in [0.3, 0.4) is 0 Å². The molecular weight excluding hydrogens is 383 g/mol. The van der Waals surface area contributed by atoms with Gasteiger partial charge in [-0.2, -0.15) is 0 Å². The zero-order chi connectivity index (χ0) is 17.7. The molecule has 0 saturated heterocycles. The number of aliphatic hydroxyl groups excluding tert-OH is 2. The van der Waals surface area contributed by atoms with E-state index < -0.39 is 22.9 Å². The monoisotopic (exact) mass is 398 g/mol. The highest BCUT2D eigenvalue weighted by Crippen LogP contribution is 2.21. The van der Waals surface area contributed by atoms with Crippen LogP contribution in [0, 0.1) is 15.9 Å². The van der Waals surface area contributed by atoms with Crippen LogP contribution in [-0.2, 0) is 6.54 Å². The number of hydrogen-bond donors (Lipinski definition) is 3. The first-order chi connectivity index (χ1) is 11.4. The first-order valence-electron chi connectivity index (χ1n) is 7.13. The minimum absolute atomic E-state index is 0.0873. The van der Waals surface area contributed by atoms with Gasteiger partial charge in [0.05, 0.1) is 23.7 Å². The van der Waals surface area contributed by atoms with Gasteiger partial charge in [0, 0.05) is 28.7 Å². The third-order valence-electron chi connectivity index (χ3n) is 3.59. The van der Waals surface area contributed by atoms with Crippen molar-refractivity contribution in [3.63, 3.8) is 0 Å². The average molecular weight is 399 g/mol. The third-order valence-corrected chi connectivity index (χ3v) is 4.08. The van der Waals surface area contributed by atoms with Gasteiger partial charge in [0.15, 0.2) is 0 Å². The molecule has 2 aromatic rings. The highest BCUT2D eigenvalue weighted by Gasteiger charge is 2.21. The Morgan fingerprint density at radius 1 is 1.25 bits per heavy atom. The van der Waals surface area contributed by atoms with E-state index in [-0.39, 0.29) is 18.8 Å². The predicted molar refractivity (Wildman–Crippen MR) is 89.9 cm³/mol. The molecule has 24 heavy (non-hydrogen) atoms. The van der Waals surface area contributed by atoms with Gasteiger partial charge in [-0.3, -0.25) is 10.1 Å². The average Bonchev–Trinajstić information content (AvgIpc) is 2.58. The summed E-state index contributed by atoms with van der Waals surface area (Å²) in [6.45, 7) is -0.270. The highest BCUT2D eigenvalue weighted by molar-refractivity contribution is 9.10. The van der Waals surface area contributed by atoms with Crippen LogP contribution < -0.4 is 5.32 Å². The van der Waals surface area contributed by atoms with Gasteiger partial charge in [0.1, 0.15) is 5.82 Å². The summed E-state index contributed by atoms with van der Waals surface area (Å²) in [6, 6.07) is 9.16. The van der Waals surface area contributed by atoms with E-state index in [1.807, 2.05) is 0 Å². The van der Waals surface area contributed by atoms with Crippen LogP contribution in [0.15, 0.2) is 46.9 Å². The highest BCUT2D eigenvalue weighted by atomic mass is 79.9. The van der Waals surface area contributed by atoms with Crippen LogP contribution >= 0.6 is 15.9 Å². The van der Waals surface area contributed by atoms with Gasteiger partial charge in [0.2, 0.25) is 0 Å². The SMILES string of the molecule is O=[N+]([O-])c1ccc([C@@H](O)[C@@H](CO)NCc2cc(Br)ccc2F)cc1. The summed E-state index contributed by atoms with van der Waals surface area (Å²) in [5, 5.41) is 33.3. The van der Waals surface area contributed by atoms with Gasteiger partial charge < -0.3 is 15.5 Å². The van der Waals surface area contributed by atoms with Gasteiger partial charge in [0.25, 0.3) is 5.69 Å². The van der Waals surface area contributed by atoms with Crippen molar-refractivity contribution >= 4 is 21.6 Å². The summed E-state index contributed by atoms with van der Waals surface area (Å²) in [4.78, 5) is 10.1. The van der Waals surface area contributed by atoms with Crippen molar-refractivity contribution in [3.8, 4) is 0 Å². The second-order valence-electron chi connectivity index (χ2n) is 5.20. The van der Waals surface area contributed by atoms with Gasteiger partial charge in [-0.1, -0.05) is 15.9 Å². The zero-order valence-electron chi connectivity index (χ0n) is 12.5. The number of nitrogens with one attached hydrogen (secondary N) is 1. The van der Waals surface area contributed by atoms with Crippen molar-refractivity contribution in [2.75, 3.05) is 6.61 Å². The fourth-order valence-corrected chi connectivity index (χ4v) is 2.63. The van der Waals surface area contributed by atoms with Crippen molar-refractivity contribution in [2.24, 2.45) is 0 Å². The Balaban J connectivity index is 2.07. The number of hydrogen-bond acceptors (Lipinski definition) is 5. The van der Waals surface area contributed by atoms with Crippen LogP contribution in [0.5, 0.6) is 0 Å². The van der Waals surface area contributed by atoms with E-state index in [1.165, 1.54) is 30.3 Å². The fraction of sp³-hybridized carbons (Fsp3) is 0.250. The smallest absolute Gasteiger partial charge is 0.269 e. The summed E-state index contributed by atoms with van der Waals surface area (Å²) in [5.41, 5.74) is 0.719. The summed E-state index contributed by atoms with van der Waals surface area (Å²) in [6.07, 6.45) is -1.09. The predicted octanol–water partition coefficient (Wildman–Crippen LogP) is 2.68. The molecule has 0 aliphatic rings. The van der Waals surface area contributed by atoms with Crippen LogP contribution in [0.4, 0.5) is 10.1 Å². The van der Waals surface area contributed by atoms with Gasteiger partial charge >= 0.3 is 0 Å². The molecular formula is C16H16BrFN2O4. The molecule has 0 saturated carbocycles. The normalized spacial score (nSPS) is 13.5. The lowest BCUT2D eigenvalue weighted by atomic mass is 10.0. The number of nitrogens with zero attached hydrogens (tertiary/aromatic N) is 1. The molecule has 0 heterocycles. The maximum absolute atomic E-state index is 13.7. The maximum atomic E-state index is 13.7. The second-order valence-corrected chi connectivity index (χ2v) is 6.11. The van der Waals surface area contributed by atoms with Gasteiger partial charge in [-0.25, -0.2) is 4.39 Å². The van der Waals surface area contributed by atoms with Crippen molar-refractivity contribution in [1.29, 1.82) is 0 Å². The summed E-state index contributed by atoms with van der Waals surface area (Å²) in [7, 11) is 0. The van der Waals surface area contributed by atoms with Crippen LogP contribution in [0.25, 0.3) is 0 Å². The molecule has 0 amide bonds. The van der Waals surface area contributed by atoms with Crippen molar-refractivity contribution < 1.29 is 19.5 Å². The number of aliphatic hydroxyl groups is 2. The maximum Gasteiger partial charge on any atom is 0.269 e. The Kier molecular flexibility index (Phi) is 6.38. The molecule has 2 rings (SSSR count). The Morgan fingerprint density at radius 2 is 1.92 bits per heavy atom. The molecule has 2 atom stereocenters. The molecule has 0 aromatic heterocycles. The Labute approximate surface area is 146 Å². The number of halogens is 2. The second kappa shape index (κ2) is 8.29. The number of rotatable bonds is 7. The van der Waals surface area contributed by atoms with Crippen molar-refractivity contribution in [3.05, 3.63) is 74.0 Å². The van der Waals surface area contributed by atoms with Crippen LogP contribution in [-0.4, -0.2) is 27.8 Å². The quantitative estimate of drug-likeness (QED) is 0.492. The lowest BCUT2D eigenvalue weighted by molar-refractivity contribution is -0.384. The molecule has 0 radical (unpaired) electrons. The van der Waals surface area contributed by atoms with Crippen LogP contribution in [0.1, 0.15) is 17.2 Å². The summed E-state index contributed by atoms with van der Waals surface area (Å²) < 4.78 is 14.4. The Hall–Kier alpha value is -1.87. The molecule has 0 fully saturated rings. The lowest BCUT2D eigenvalue weighted by Gasteiger charge is -2.23. The van der Waals surface area contributed by atoms with E-state index in [0.29, 0.717) is 11.1 Å². The number of non-ortho nitro benzene ring substituents is 1. The van der Waals surface area contributed by atoms with E-state index in [1.54, 1.807) is 12.1 Å². The molecule has 3 N–H and O–H groups in total. The molecule has 6 nitrogen and oxygen atoms in total. The number of nitro benzene ring substituents is 1. The molecule has 128 valence electrons. The number of benzene rings is 2. The largest absolute Gasteiger partial charge is 0.395 e. The van der Waals surface area contributed by atoms with Gasteiger partial charge in [-0.05, 0) is 35.9 Å². The Morgan fingerprint density at radius 3 is 2.50 bits per heavy atom. The molecule has 2 aromatic carbocycles. The minimum atomic E-state index is -1.09. The fourth-order valence-electron chi connectivity index (χ4n) is 2.22. The zero-order valence-corrected chi connectivity index (χ0v) is 14.1. The van der Waals surface area contributed by atoms with E-state index >= 15 is 0 Å². The lowest BCUT2D eigenvalue weighted by Crippen LogP contribution is -2.37. The van der Waals surface area contributed by atoms with Crippen molar-refractivity contribution in [2.45, 2.75) is 18.7 Å². The standard InChI is InChI=1S/C16H16BrFN2O4/c17-12-3-6-14(18)11(7-12)8-19-15(9-21)16(22)10-1-4-13(5-2-10)20(23)24/h1-7,15-16,19,21-22H,8-9H2/t15-,16-/m1/s1. The van der Waals surface area contributed by atoms with E-state index in [4.69, 9.17) is 0 Å². The van der Waals surface area contributed by atoms with Crippen LogP contribution in [0.2, 0.25) is 0 Å². The first-order valence-corrected chi connectivity index (χ1v) is 7.92. The molecule has 0 aliphatic carbocycles. The topological polar surface area (TPSA) is 95.6 Å².